The number of aromatic amines is 1. The summed E-state index contributed by atoms with van der Waals surface area (Å²) >= 11 is 0. The van der Waals surface area contributed by atoms with Gasteiger partial charge in [-0.15, -0.1) is 0 Å². The van der Waals surface area contributed by atoms with E-state index in [1.165, 1.54) is 27.7 Å². The van der Waals surface area contributed by atoms with E-state index in [9.17, 15) is 0 Å². The Morgan fingerprint density at radius 2 is 1.79 bits per heavy atom. The molecule has 4 rings (SSSR count). The predicted molar refractivity (Wildman–Crippen MR) is 79.4 cm³/mol. The molecular weight excluding hydrogens is 232 g/mol. The number of nitrogens with one attached hydrogen (secondary N) is 2. The maximum Gasteiger partial charge on any atom is 0.0659 e. The minimum Gasteiger partial charge on any atom is -0.375 e. The minimum absolute atomic E-state index is 0.0245. The molecule has 1 aliphatic rings. The molecule has 0 aliphatic carbocycles. The highest BCUT2D eigenvalue weighted by molar-refractivity contribution is 5.85. The molecule has 1 aromatic heterocycles. The minimum atomic E-state index is -0.0245. The third-order valence-electron chi connectivity index (χ3n) is 4.16. The fourth-order valence-electron chi connectivity index (χ4n) is 3.21. The van der Waals surface area contributed by atoms with Crippen molar-refractivity contribution in [2.75, 3.05) is 5.32 Å². The number of H-pyrrole nitrogens is 1. The van der Waals surface area contributed by atoms with Crippen LogP contribution in [0.15, 0.2) is 54.7 Å². The van der Waals surface area contributed by atoms with Crippen LogP contribution in [0.2, 0.25) is 0 Å². The predicted octanol–water partition coefficient (Wildman–Crippen LogP) is 4.05. The van der Waals surface area contributed by atoms with Crippen molar-refractivity contribution in [1.82, 2.24) is 4.98 Å². The van der Waals surface area contributed by atoms with E-state index >= 15 is 0 Å². The highest BCUT2D eigenvalue weighted by atomic mass is 15.0. The van der Waals surface area contributed by atoms with Crippen molar-refractivity contribution in [1.29, 1.82) is 0 Å². The number of hydrogen-bond donors (Lipinski definition) is 2. The molecule has 2 heterocycles. The van der Waals surface area contributed by atoms with Crippen LogP contribution in [0, 0.1) is 0 Å². The Hall–Kier alpha value is -2.22. The molecule has 2 nitrogen and oxygen atoms in total. The SMILES string of the molecule is C[C@]1(c2c[nH]c3ccccc23)Cc2ccccc2N1. The van der Waals surface area contributed by atoms with Crippen LogP contribution in [-0.4, -0.2) is 4.98 Å². The third kappa shape index (κ3) is 1.49. The first-order valence-corrected chi connectivity index (χ1v) is 6.69. The number of rotatable bonds is 1. The lowest BCUT2D eigenvalue weighted by atomic mass is 9.89. The van der Waals surface area contributed by atoms with Crippen LogP contribution >= 0.6 is 0 Å². The van der Waals surface area contributed by atoms with Crippen molar-refractivity contribution >= 4 is 16.6 Å². The second-order valence-corrected chi connectivity index (χ2v) is 5.54. The van der Waals surface area contributed by atoms with Gasteiger partial charge in [-0.05, 0) is 24.6 Å². The van der Waals surface area contributed by atoms with Gasteiger partial charge >= 0.3 is 0 Å². The zero-order valence-corrected chi connectivity index (χ0v) is 10.9. The summed E-state index contributed by atoms with van der Waals surface area (Å²) in [5.41, 5.74) is 5.19. The summed E-state index contributed by atoms with van der Waals surface area (Å²) in [4.78, 5) is 3.38. The first kappa shape index (κ1) is 10.7. The van der Waals surface area contributed by atoms with Crippen molar-refractivity contribution in [3.8, 4) is 0 Å². The maximum absolute atomic E-state index is 3.69. The van der Waals surface area contributed by atoms with Gasteiger partial charge in [0, 0.05) is 34.8 Å². The first-order chi connectivity index (χ1) is 9.26. The molecule has 3 aromatic rings. The monoisotopic (exact) mass is 248 g/mol. The van der Waals surface area contributed by atoms with E-state index in [4.69, 9.17) is 0 Å². The molecule has 19 heavy (non-hydrogen) atoms. The summed E-state index contributed by atoms with van der Waals surface area (Å²) in [5.74, 6) is 0. The Morgan fingerprint density at radius 1 is 1.00 bits per heavy atom. The molecule has 94 valence electrons. The molecule has 0 saturated carbocycles. The molecule has 0 spiro atoms. The Labute approximate surface area is 112 Å². The maximum atomic E-state index is 3.69. The van der Waals surface area contributed by atoms with Crippen molar-refractivity contribution in [3.63, 3.8) is 0 Å². The zero-order valence-electron chi connectivity index (χ0n) is 10.9. The van der Waals surface area contributed by atoms with Gasteiger partial charge in [-0.3, -0.25) is 0 Å². The lowest BCUT2D eigenvalue weighted by Crippen LogP contribution is -2.28. The molecule has 0 fully saturated rings. The number of para-hydroxylation sites is 2. The molecule has 0 unspecified atom stereocenters. The van der Waals surface area contributed by atoms with Gasteiger partial charge in [0.15, 0.2) is 0 Å². The summed E-state index contributed by atoms with van der Waals surface area (Å²) in [6.07, 6.45) is 3.18. The van der Waals surface area contributed by atoms with Crippen LogP contribution in [0.3, 0.4) is 0 Å². The van der Waals surface area contributed by atoms with E-state index < -0.39 is 0 Å². The molecule has 0 saturated heterocycles. The molecule has 1 atom stereocenters. The molecule has 2 aromatic carbocycles. The highest BCUT2D eigenvalue weighted by Gasteiger charge is 2.35. The smallest absolute Gasteiger partial charge is 0.0659 e. The van der Waals surface area contributed by atoms with Gasteiger partial charge in [-0.2, -0.15) is 0 Å². The van der Waals surface area contributed by atoms with Gasteiger partial charge in [0.25, 0.3) is 0 Å². The van der Waals surface area contributed by atoms with E-state index in [1.54, 1.807) is 0 Å². The average Bonchev–Trinajstić information content (AvgIpc) is 2.98. The van der Waals surface area contributed by atoms with Crippen LogP contribution in [-0.2, 0) is 12.0 Å². The van der Waals surface area contributed by atoms with Crippen LogP contribution in [0.5, 0.6) is 0 Å². The van der Waals surface area contributed by atoms with Crippen molar-refractivity contribution in [2.45, 2.75) is 18.9 Å². The van der Waals surface area contributed by atoms with Gasteiger partial charge in [-0.1, -0.05) is 36.4 Å². The number of aromatic nitrogens is 1. The number of hydrogen-bond acceptors (Lipinski definition) is 1. The summed E-state index contributed by atoms with van der Waals surface area (Å²) in [7, 11) is 0. The van der Waals surface area contributed by atoms with Crippen molar-refractivity contribution in [3.05, 3.63) is 65.9 Å². The Kier molecular flexibility index (Phi) is 2.05. The van der Waals surface area contributed by atoms with Crippen LogP contribution in [0.4, 0.5) is 5.69 Å². The fraction of sp³-hybridized carbons (Fsp3) is 0.176. The molecule has 0 radical (unpaired) electrons. The summed E-state index contributed by atoms with van der Waals surface area (Å²) < 4.78 is 0. The molecular formula is C17H16N2. The summed E-state index contributed by atoms with van der Waals surface area (Å²) in [6, 6.07) is 17.1. The topological polar surface area (TPSA) is 27.8 Å². The van der Waals surface area contributed by atoms with Gasteiger partial charge in [0.1, 0.15) is 0 Å². The van der Waals surface area contributed by atoms with E-state index in [-0.39, 0.29) is 5.54 Å². The molecule has 1 aliphatic heterocycles. The van der Waals surface area contributed by atoms with Crippen LogP contribution < -0.4 is 5.32 Å². The van der Waals surface area contributed by atoms with Crippen molar-refractivity contribution in [2.24, 2.45) is 0 Å². The summed E-state index contributed by atoms with van der Waals surface area (Å²) in [6.45, 7) is 2.28. The normalized spacial score (nSPS) is 21.3. The van der Waals surface area contributed by atoms with Gasteiger partial charge in [0.2, 0.25) is 0 Å². The quantitative estimate of drug-likeness (QED) is 0.668. The molecule has 2 N–H and O–H groups in total. The summed E-state index contributed by atoms with van der Waals surface area (Å²) in [5, 5.41) is 5.00. The van der Waals surface area contributed by atoms with Crippen LogP contribution in [0.25, 0.3) is 10.9 Å². The first-order valence-electron chi connectivity index (χ1n) is 6.69. The van der Waals surface area contributed by atoms with Crippen LogP contribution in [0.1, 0.15) is 18.1 Å². The van der Waals surface area contributed by atoms with Crippen molar-refractivity contribution < 1.29 is 0 Å². The van der Waals surface area contributed by atoms with E-state index in [0.717, 1.165) is 6.42 Å². The lowest BCUT2D eigenvalue weighted by Gasteiger charge is -2.25. The Balaban J connectivity index is 1.86. The largest absolute Gasteiger partial charge is 0.375 e. The molecule has 2 heteroatoms. The van der Waals surface area contributed by atoms with E-state index in [2.05, 4.69) is 72.0 Å². The Bertz CT molecular complexity index is 730. The average molecular weight is 248 g/mol. The molecule has 0 bridgehead atoms. The fourth-order valence-corrected chi connectivity index (χ4v) is 3.21. The van der Waals surface area contributed by atoms with Gasteiger partial charge in [0.05, 0.1) is 5.54 Å². The van der Waals surface area contributed by atoms with Gasteiger partial charge in [-0.25, -0.2) is 0 Å². The second kappa shape index (κ2) is 3.64. The highest BCUT2D eigenvalue weighted by Crippen LogP contribution is 2.41. The number of benzene rings is 2. The van der Waals surface area contributed by atoms with Gasteiger partial charge < -0.3 is 10.3 Å². The van der Waals surface area contributed by atoms with E-state index in [0.29, 0.717) is 0 Å². The number of fused-ring (bicyclic) bond motifs is 2. The zero-order chi connectivity index (χ0) is 12.9. The standard InChI is InChI=1S/C17H16N2/c1-17(10-12-6-2-4-8-15(12)19-17)14-11-18-16-9-5-3-7-13(14)16/h2-9,11,18-19H,10H2,1H3/t17-/m1/s1. The third-order valence-corrected chi connectivity index (χ3v) is 4.16. The Morgan fingerprint density at radius 3 is 2.68 bits per heavy atom. The second-order valence-electron chi connectivity index (χ2n) is 5.54. The number of anilines is 1. The lowest BCUT2D eigenvalue weighted by molar-refractivity contribution is 0.574. The van der Waals surface area contributed by atoms with E-state index in [1.807, 2.05) is 0 Å². The molecule has 0 amide bonds.